The molecule has 0 saturated carbocycles. The average Bonchev–Trinajstić information content (AvgIpc) is 3.05. The maximum absolute atomic E-state index is 12.9. The Morgan fingerprint density at radius 2 is 1.96 bits per heavy atom. The fraction of sp³-hybridized carbons (Fsp3) is 0.263. The predicted molar refractivity (Wildman–Crippen MR) is 107 cm³/mol. The van der Waals surface area contributed by atoms with Crippen LogP contribution in [0.15, 0.2) is 47.4 Å². The first-order chi connectivity index (χ1) is 13.4. The fourth-order valence-electron chi connectivity index (χ4n) is 2.61. The molecular weight excluding hydrogens is 403 g/mol. The molecule has 0 spiro atoms. The van der Waals surface area contributed by atoms with Crippen LogP contribution in [0.2, 0.25) is 0 Å². The number of para-hydroxylation sites is 1. The Bertz CT molecular complexity index is 1080. The highest BCUT2D eigenvalue weighted by Gasteiger charge is 2.16. The van der Waals surface area contributed by atoms with Crippen LogP contribution in [0.3, 0.4) is 0 Å². The number of carbonyl (C=O) groups is 1. The van der Waals surface area contributed by atoms with Crippen molar-refractivity contribution in [1.82, 2.24) is 4.98 Å². The van der Waals surface area contributed by atoms with Crippen LogP contribution in [-0.4, -0.2) is 31.7 Å². The SMILES string of the molecule is CCOc1cccc2sc(NC(=O)CCCS(=O)(=O)c3ccc(F)cc3)nc12. The van der Waals surface area contributed by atoms with Crippen LogP contribution in [0.5, 0.6) is 5.75 Å². The molecule has 3 aromatic rings. The molecule has 1 amide bonds. The number of nitrogens with one attached hydrogen (secondary N) is 1. The molecule has 1 aromatic heterocycles. The van der Waals surface area contributed by atoms with E-state index in [1.165, 1.54) is 23.5 Å². The Kier molecular flexibility index (Phi) is 6.25. The molecule has 9 heteroatoms. The van der Waals surface area contributed by atoms with E-state index >= 15 is 0 Å². The molecule has 0 aliphatic rings. The van der Waals surface area contributed by atoms with Crippen molar-refractivity contribution < 1.29 is 22.3 Å². The van der Waals surface area contributed by atoms with Gasteiger partial charge in [0.05, 0.1) is 22.0 Å². The lowest BCUT2D eigenvalue weighted by Crippen LogP contribution is -2.14. The molecule has 1 N–H and O–H groups in total. The van der Waals surface area contributed by atoms with Crippen LogP contribution in [0.4, 0.5) is 9.52 Å². The van der Waals surface area contributed by atoms with Gasteiger partial charge in [-0.2, -0.15) is 0 Å². The van der Waals surface area contributed by atoms with Crippen LogP contribution in [-0.2, 0) is 14.6 Å². The first kappa shape index (κ1) is 20.2. The zero-order chi connectivity index (χ0) is 20.1. The van der Waals surface area contributed by atoms with E-state index in [4.69, 9.17) is 4.74 Å². The quantitative estimate of drug-likeness (QED) is 0.554. The highest BCUT2D eigenvalue weighted by atomic mass is 32.2. The normalized spacial score (nSPS) is 11.5. The molecular formula is C19H19FN2O4S2. The van der Waals surface area contributed by atoms with Gasteiger partial charge in [0.25, 0.3) is 0 Å². The number of benzene rings is 2. The maximum atomic E-state index is 12.9. The van der Waals surface area contributed by atoms with Gasteiger partial charge in [0, 0.05) is 6.42 Å². The zero-order valence-corrected chi connectivity index (χ0v) is 16.8. The lowest BCUT2D eigenvalue weighted by molar-refractivity contribution is -0.116. The molecule has 0 aliphatic carbocycles. The molecule has 0 radical (unpaired) electrons. The van der Waals surface area contributed by atoms with Crippen molar-refractivity contribution in [2.45, 2.75) is 24.7 Å². The third-order valence-electron chi connectivity index (χ3n) is 3.92. The molecule has 28 heavy (non-hydrogen) atoms. The number of hydrogen-bond acceptors (Lipinski definition) is 6. The lowest BCUT2D eigenvalue weighted by atomic mass is 10.3. The Morgan fingerprint density at radius 1 is 1.21 bits per heavy atom. The number of amides is 1. The molecule has 0 bridgehead atoms. The van der Waals surface area contributed by atoms with Crippen LogP contribution in [0, 0.1) is 5.82 Å². The monoisotopic (exact) mass is 422 g/mol. The number of thiazole rings is 1. The summed E-state index contributed by atoms with van der Waals surface area (Å²) in [5.74, 6) is -0.351. The summed E-state index contributed by atoms with van der Waals surface area (Å²) in [5, 5.41) is 3.14. The number of anilines is 1. The van der Waals surface area contributed by atoms with Gasteiger partial charge in [0.2, 0.25) is 5.91 Å². The van der Waals surface area contributed by atoms with Crippen molar-refractivity contribution in [2.24, 2.45) is 0 Å². The van der Waals surface area contributed by atoms with Gasteiger partial charge in [-0.25, -0.2) is 17.8 Å². The van der Waals surface area contributed by atoms with Gasteiger partial charge >= 0.3 is 0 Å². The van der Waals surface area contributed by atoms with Gasteiger partial charge in [0.1, 0.15) is 17.1 Å². The predicted octanol–water partition coefficient (Wildman–Crippen LogP) is 4.03. The largest absolute Gasteiger partial charge is 0.492 e. The minimum Gasteiger partial charge on any atom is -0.492 e. The first-order valence-electron chi connectivity index (χ1n) is 8.69. The molecule has 0 atom stereocenters. The molecule has 148 valence electrons. The van der Waals surface area contributed by atoms with Crippen LogP contribution in [0.1, 0.15) is 19.8 Å². The van der Waals surface area contributed by atoms with Crippen LogP contribution >= 0.6 is 11.3 Å². The minimum atomic E-state index is -3.55. The van der Waals surface area contributed by atoms with E-state index in [0.717, 1.165) is 16.8 Å². The molecule has 0 aliphatic heterocycles. The Hall–Kier alpha value is -2.52. The lowest BCUT2D eigenvalue weighted by Gasteiger charge is -2.05. The minimum absolute atomic E-state index is 0.0364. The van der Waals surface area contributed by atoms with E-state index < -0.39 is 15.7 Å². The number of rotatable bonds is 8. The van der Waals surface area contributed by atoms with E-state index in [1.807, 2.05) is 25.1 Å². The van der Waals surface area contributed by atoms with E-state index in [0.29, 0.717) is 23.0 Å². The standard InChI is InChI=1S/C19H19FN2O4S2/c1-2-26-15-5-3-6-16-18(15)22-19(27-16)21-17(23)7-4-12-28(24,25)14-10-8-13(20)9-11-14/h3,5-6,8-11H,2,4,7,12H2,1H3,(H,21,22,23). The third kappa shape index (κ3) is 4.85. The topological polar surface area (TPSA) is 85.4 Å². The highest BCUT2D eigenvalue weighted by molar-refractivity contribution is 7.91. The summed E-state index contributed by atoms with van der Waals surface area (Å²) in [6.07, 6.45) is 0.190. The number of aromatic nitrogens is 1. The smallest absolute Gasteiger partial charge is 0.226 e. The molecule has 6 nitrogen and oxygen atoms in total. The molecule has 3 rings (SSSR count). The van der Waals surface area contributed by atoms with E-state index in [1.54, 1.807) is 0 Å². The Balaban J connectivity index is 1.58. The van der Waals surface area contributed by atoms with Crippen molar-refractivity contribution in [1.29, 1.82) is 0 Å². The summed E-state index contributed by atoms with van der Waals surface area (Å²) < 4.78 is 43.8. The van der Waals surface area contributed by atoms with Crippen LogP contribution in [0.25, 0.3) is 10.2 Å². The number of sulfone groups is 1. The van der Waals surface area contributed by atoms with Gasteiger partial charge in [-0.05, 0) is 49.7 Å². The van der Waals surface area contributed by atoms with Gasteiger partial charge in [-0.1, -0.05) is 17.4 Å². The Labute approximate surface area is 166 Å². The van der Waals surface area contributed by atoms with E-state index in [-0.39, 0.29) is 29.4 Å². The highest BCUT2D eigenvalue weighted by Crippen LogP contribution is 2.32. The van der Waals surface area contributed by atoms with Crippen molar-refractivity contribution in [3.63, 3.8) is 0 Å². The number of carbonyl (C=O) groups excluding carboxylic acids is 1. The summed E-state index contributed by atoms with van der Waals surface area (Å²) >= 11 is 1.33. The van der Waals surface area contributed by atoms with Crippen molar-refractivity contribution in [2.75, 3.05) is 17.7 Å². The van der Waals surface area contributed by atoms with Gasteiger partial charge < -0.3 is 10.1 Å². The number of halogens is 1. The molecule has 0 unspecified atom stereocenters. The van der Waals surface area contributed by atoms with Gasteiger partial charge in [0.15, 0.2) is 15.0 Å². The second-order valence-electron chi connectivity index (χ2n) is 5.98. The summed E-state index contributed by atoms with van der Waals surface area (Å²) in [6, 6.07) is 10.2. The fourth-order valence-corrected chi connectivity index (χ4v) is 4.82. The third-order valence-corrected chi connectivity index (χ3v) is 6.67. The zero-order valence-electron chi connectivity index (χ0n) is 15.1. The number of ether oxygens (including phenoxy) is 1. The van der Waals surface area contributed by atoms with Gasteiger partial charge in [-0.3, -0.25) is 4.79 Å². The summed E-state index contributed by atoms with van der Waals surface area (Å²) in [6.45, 7) is 2.40. The van der Waals surface area contributed by atoms with Gasteiger partial charge in [-0.15, -0.1) is 0 Å². The van der Waals surface area contributed by atoms with E-state index in [2.05, 4.69) is 10.3 Å². The second kappa shape index (κ2) is 8.66. The first-order valence-corrected chi connectivity index (χ1v) is 11.2. The summed E-state index contributed by atoms with van der Waals surface area (Å²) in [5.41, 5.74) is 0.684. The summed E-state index contributed by atoms with van der Waals surface area (Å²) in [4.78, 5) is 16.6. The number of fused-ring (bicyclic) bond motifs is 1. The molecule has 0 saturated heterocycles. The molecule has 1 heterocycles. The molecule has 0 fully saturated rings. The number of hydrogen-bond donors (Lipinski definition) is 1. The number of nitrogens with zero attached hydrogens (tertiary/aromatic N) is 1. The molecule has 2 aromatic carbocycles. The summed E-state index contributed by atoms with van der Waals surface area (Å²) in [7, 11) is -3.55. The van der Waals surface area contributed by atoms with E-state index in [9.17, 15) is 17.6 Å². The second-order valence-corrected chi connectivity index (χ2v) is 9.12. The van der Waals surface area contributed by atoms with Crippen molar-refractivity contribution in [3.05, 3.63) is 48.3 Å². The van der Waals surface area contributed by atoms with Crippen molar-refractivity contribution >= 4 is 42.4 Å². The van der Waals surface area contributed by atoms with Crippen LogP contribution < -0.4 is 10.1 Å². The van der Waals surface area contributed by atoms with Crippen molar-refractivity contribution in [3.8, 4) is 5.75 Å². The Morgan fingerprint density at radius 3 is 2.68 bits per heavy atom. The maximum Gasteiger partial charge on any atom is 0.226 e. The average molecular weight is 423 g/mol.